The Morgan fingerprint density at radius 3 is 2.47 bits per heavy atom. The Balaban J connectivity index is 3.07. The normalized spacial score (nSPS) is 20.8. The third-order valence-electron chi connectivity index (χ3n) is 2.83. The Hall–Kier alpha value is -1.83. The maximum atomic E-state index is 12.1. The zero-order chi connectivity index (χ0) is 13.2. The van der Waals surface area contributed by atoms with Gasteiger partial charge in [0.2, 0.25) is 11.8 Å². The number of urea groups is 1. The van der Waals surface area contributed by atoms with Crippen LogP contribution >= 0.6 is 0 Å². The standard InChI is InChI=1S/C12H16N2O3/c1-5-7-8(6-2)14-10(16)12(3,4)9(15)13-11(14)17/h2,8H,5,7H2,1,3-4H3,(H,13,15,17). The van der Waals surface area contributed by atoms with Gasteiger partial charge in [0, 0.05) is 0 Å². The maximum Gasteiger partial charge on any atom is 0.331 e. The van der Waals surface area contributed by atoms with Gasteiger partial charge in [0.05, 0.1) is 0 Å². The second-order valence-corrected chi connectivity index (χ2v) is 4.53. The van der Waals surface area contributed by atoms with E-state index in [9.17, 15) is 14.4 Å². The van der Waals surface area contributed by atoms with Crippen LogP contribution < -0.4 is 5.32 Å². The fourth-order valence-electron chi connectivity index (χ4n) is 1.65. The highest BCUT2D eigenvalue weighted by Crippen LogP contribution is 2.25. The van der Waals surface area contributed by atoms with Crippen molar-refractivity contribution in [3.8, 4) is 12.3 Å². The Morgan fingerprint density at radius 1 is 1.41 bits per heavy atom. The lowest BCUT2D eigenvalue weighted by atomic mass is 9.88. The fraction of sp³-hybridized carbons (Fsp3) is 0.583. The molecule has 1 rings (SSSR count). The maximum absolute atomic E-state index is 12.1. The molecule has 17 heavy (non-hydrogen) atoms. The van der Waals surface area contributed by atoms with Crippen molar-refractivity contribution in [3.05, 3.63) is 0 Å². The third-order valence-corrected chi connectivity index (χ3v) is 2.83. The summed E-state index contributed by atoms with van der Waals surface area (Å²) < 4.78 is 0. The Bertz CT molecular complexity index is 406. The number of terminal acetylenes is 1. The van der Waals surface area contributed by atoms with Crippen LogP contribution in [0, 0.1) is 17.8 Å². The highest BCUT2D eigenvalue weighted by atomic mass is 16.2. The molecular formula is C12H16N2O3. The first-order chi connectivity index (χ1) is 7.86. The van der Waals surface area contributed by atoms with E-state index in [1.807, 2.05) is 6.92 Å². The van der Waals surface area contributed by atoms with Crippen molar-refractivity contribution in [2.45, 2.75) is 39.7 Å². The first-order valence-corrected chi connectivity index (χ1v) is 5.51. The van der Waals surface area contributed by atoms with Gasteiger partial charge in [-0.15, -0.1) is 6.42 Å². The summed E-state index contributed by atoms with van der Waals surface area (Å²) >= 11 is 0. The van der Waals surface area contributed by atoms with Gasteiger partial charge < -0.3 is 0 Å². The van der Waals surface area contributed by atoms with E-state index in [1.165, 1.54) is 13.8 Å². The van der Waals surface area contributed by atoms with Crippen LogP contribution in [-0.4, -0.2) is 28.8 Å². The molecule has 0 radical (unpaired) electrons. The second-order valence-electron chi connectivity index (χ2n) is 4.53. The molecule has 0 saturated carbocycles. The van der Waals surface area contributed by atoms with Crippen molar-refractivity contribution >= 4 is 17.8 Å². The molecule has 1 aliphatic rings. The molecule has 1 aliphatic heterocycles. The highest BCUT2D eigenvalue weighted by Gasteiger charge is 2.48. The van der Waals surface area contributed by atoms with E-state index in [-0.39, 0.29) is 0 Å². The number of imide groups is 2. The zero-order valence-corrected chi connectivity index (χ0v) is 10.2. The molecule has 0 aliphatic carbocycles. The first kappa shape index (κ1) is 13.2. The van der Waals surface area contributed by atoms with E-state index in [2.05, 4.69) is 11.2 Å². The molecule has 1 fully saturated rings. The molecule has 92 valence electrons. The van der Waals surface area contributed by atoms with Crippen LogP contribution in [0.2, 0.25) is 0 Å². The van der Waals surface area contributed by atoms with Crippen molar-refractivity contribution in [1.82, 2.24) is 10.2 Å². The molecule has 0 spiro atoms. The van der Waals surface area contributed by atoms with E-state index in [1.54, 1.807) is 0 Å². The number of rotatable bonds is 3. The summed E-state index contributed by atoms with van der Waals surface area (Å²) in [6, 6.07) is -1.32. The average molecular weight is 236 g/mol. The van der Waals surface area contributed by atoms with Gasteiger partial charge in [-0.1, -0.05) is 19.3 Å². The van der Waals surface area contributed by atoms with E-state index >= 15 is 0 Å². The molecule has 1 heterocycles. The SMILES string of the molecule is C#CC(CCC)N1C(=O)NC(=O)C(C)(C)C1=O. The largest absolute Gasteiger partial charge is 0.331 e. The van der Waals surface area contributed by atoms with Gasteiger partial charge in [-0.25, -0.2) is 9.69 Å². The molecule has 0 aromatic heterocycles. The summed E-state index contributed by atoms with van der Waals surface area (Å²) in [6.45, 7) is 4.86. The van der Waals surface area contributed by atoms with Crippen LogP contribution in [0.4, 0.5) is 4.79 Å². The first-order valence-electron chi connectivity index (χ1n) is 5.51. The zero-order valence-electron chi connectivity index (χ0n) is 10.2. The number of hydrogen-bond donors (Lipinski definition) is 1. The van der Waals surface area contributed by atoms with Crippen LogP contribution in [0.5, 0.6) is 0 Å². The second kappa shape index (κ2) is 4.58. The number of hydrogen-bond acceptors (Lipinski definition) is 3. The molecule has 1 saturated heterocycles. The summed E-state index contributed by atoms with van der Waals surface area (Å²) in [7, 11) is 0. The van der Waals surface area contributed by atoms with Crippen LogP contribution in [0.3, 0.4) is 0 Å². The molecule has 1 atom stereocenters. The Kier molecular flexibility index (Phi) is 3.56. The molecule has 1 N–H and O–H groups in total. The molecule has 1 unspecified atom stereocenters. The number of nitrogens with zero attached hydrogens (tertiary/aromatic N) is 1. The number of carbonyl (C=O) groups excluding carboxylic acids is 3. The topological polar surface area (TPSA) is 66.5 Å². The number of barbiturate groups is 1. The lowest BCUT2D eigenvalue weighted by Crippen LogP contribution is -2.64. The van der Waals surface area contributed by atoms with Crippen LogP contribution in [0.1, 0.15) is 33.6 Å². The van der Waals surface area contributed by atoms with Crippen LogP contribution in [0.15, 0.2) is 0 Å². The molecule has 5 nitrogen and oxygen atoms in total. The Morgan fingerprint density at radius 2 is 2.00 bits per heavy atom. The minimum Gasteiger partial charge on any atom is -0.277 e. The summed E-state index contributed by atoms with van der Waals surface area (Å²) in [4.78, 5) is 36.2. The minimum atomic E-state index is -1.25. The van der Waals surface area contributed by atoms with Gasteiger partial charge in [0.25, 0.3) is 0 Å². The van der Waals surface area contributed by atoms with Crippen molar-refractivity contribution < 1.29 is 14.4 Å². The Labute approximate surface area is 101 Å². The lowest BCUT2D eigenvalue weighted by Gasteiger charge is -2.37. The van der Waals surface area contributed by atoms with E-state index < -0.39 is 29.3 Å². The quantitative estimate of drug-likeness (QED) is 0.584. The van der Waals surface area contributed by atoms with E-state index in [0.717, 1.165) is 11.3 Å². The van der Waals surface area contributed by atoms with Crippen molar-refractivity contribution in [2.24, 2.45) is 5.41 Å². The molecule has 0 aromatic rings. The molecule has 0 bridgehead atoms. The predicted molar refractivity (Wildman–Crippen MR) is 61.7 cm³/mol. The van der Waals surface area contributed by atoms with Crippen molar-refractivity contribution in [3.63, 3.8) is 0 Å². The van der Waals surface area contributed by atoms with Gasteiger partial charge in [0.1, 0.15) is 11.5 Å². The number of carbonyl (C=O) groups is 3. The van der Waals surface area contributed by atoms with Gasteiger partial charge >= 0.3 is 6.03 Å². The van der Waals surface area contributed by atoms with Crippen molar-refractivity contribution in [1.29, 1.82) is 0 Å². The average Bonchev–Trinajstić information content (AvgIpc) is 2.26. The molecule has 0 aromatic carbocycles. The van der Waals surface area contributed by atoms with E-state index in [4.69, 9.17) is 6.42 Å². The molecule has 5 heteroatoms. The van der Waals surface area contributed by atoms with Gasteiger partial charge in [-0.3, -0.25) is 14.9 Å². The third kappa shape index (κ3) is 2.16. The van der Waals surface area contributed by atoms with Crippen LogP contribution in [-0.2, 0) is 9.59 Å². The van der Waals surface area contributed by atoms with Gasteiger partial charge in [0.15, 0.2) is 0 Å². The minimum absolute atomic E-state index is 0.528. The predicted octanol–water partition coefficient (Wildman–Crippen LogP) is 0.893. The van der Waals surface area contributed by atoms with Crippen molar-refractivity contribution in [2.75, 3.05) is 0 Å². The summed E-state index contributed by atoms with van der Waals surface area (Å²) in [6.07, 6.45) is 6.61. The van der Waals surface area contributed by atoms with Gasteiger partial charge in [-0.05, 0) is 20.3 Å². The fourth-order valence-corrected chi connectivity index (χ4v) is 1.65. The lowest BCUT2D eigenvalue weighted by molar-refractivity contribution is -0.149. The number of amides is 4. The smallest absolute Gasteiger partial charge is 0.277 e. The van der Waals surface area contributed by atoms with Gasteiger partial charge in [-0.2, -0.15) is 0 Å². The summed E-state index contributed by atoms with van der Waals surface area (Å²) in [5.41, 5.74) is -1.25. The summed E-state index contributed by atoms with van der Waals surface area (Å²) in [5, 5.41) is 2.15. The van der Waals surface area contributed by atoms with E-state index in [0.29, 0.717) is 6.42 Å². The molecule has 4 amide bonds. The molecular weight excluding hydrogens is 220 g/mol. The summed E-state index contributed by atoms with van der Waals surface area (Å²) in [5.74, 6) is 1.29. The highest BCUT2D eigenvalue weighted by molar-refractivity contribution is 6.18. The number of nitrogens with one attached hydrogen (secondary N) is 1. The monoisotopic (exact) mass is 236 g/mol. The van der Waals surface area contributed by atoms with Crippen LogP contribution in [0.25, 0.3) is 0 Å².